The van der Waals surface area contributed by atoms with Gasteiger partial charge in [0.25, 0.3) is 5.91 Å². The summed E-state index contributed by atoms with van der Waals surface area (Å²) in [7, 11) is 1.87. The number of nitrogens with zero attached hydrogens (tertiary/aromatic N) is 2. The van der Waals surface area contributed by atoms with Crippen molar-refractivity contribution in [3.8, 4) is 0 Å². The number of aryl methyl sites for hydroxylation is 1. The third-order valence-corrected chi connectivity index (χ3v) is 3.72. The maximum Gasteiger partial charge on any atom is 0.292 e. The summed E-state index contributed by atoms with van der Waals surface area (Å²) in [6, 6.07) is 2.04. The standard InChI is InChI=1S/C13H20N2O2/c1-9-6-4-5-7-11(9)15(3)13(16)12-8-10(2)14-17-12/h8-9,11H,4-7H2,1-3H3/t9-,11-/m0/s1. The van der Waals surface area contributed by atoms with Crippen LogP contribution in [0.5, 0.6) is 0 Å². The molecule has 1 saturated carbocycles. The molecule has 1 aliphatic carbocycles. The van der Waals surface area contributed by atoms with Crippen LogP contribution in [-0.2, 0) is 0 Å². The van der Waals surface area contributed by atoms with E-state index in [2.05, 4.69) is 12.1 Å². The Hall–Kier alpha value is -1.32. The molecule has 1 heterocycles. The van der Waals surface area contributed by atoms with Gasteiger partial charge in [0.2, 0.25) is 5.76 Å². The normalized spacial score (nSPS) is 24.6. The summed E-state index contributed by atoms with van der Waals surface area (Å²) in [5.74, 6) is 0.869. The molecule has 0 spiro atoms. The van der Waals surface area contributed by atoms with Crippen LogP contribution in [0.4, 0.5) is 0 Å². The highest BCUT2D eigenvalue weighted by molar-refractivity contribution is 5.91. The van der Waals surface area contributed by atoms with E-state index in [0.29, 0.717) is 17.7 Å². The molecule has 17 heavy (non-hydrogen) atoms. The van der Waals surface area contributed by atoms with E-state index >= 15 is 0 Å². The third-order valence-electron chi connectivity index (χ3n) is 3.72. The number of carbonyl (C=O) groups excluding carboxylic acids is 1. The van der Waals surface area contributed by atoms with Crippen LogP contribution in [0.1, 0.15) is 48.9 Å². The van der Waals surface area contributed by atoms with Gasteiger partial charge < -0.3 is 9.42 Å². The largest absolute Gasteiger partial charge is 0.351 e. The molecule has 1 aromatic heterocycles. The van der Waals surface area contributed by atoms with Crippen molar-refractivity contribution < 1.29 is 9.32 Å². The summed E-state index contributed by atoms with van der Waals surface area (Å²) >= 11 is 0. The molecule has 0 aliphatic heterocycles. The van der Waals surface area contributed by atoms with E-state index in [1.807, 2.05) is 18.9 Å². The molecule has 2 atom stereocenters. The van der Waals surface area contributed by atoms with Crippen molar-refractivity contribution >= 4 is 5.91 Å². The fourth-order valence-corrected chi connectivity index (χ4v) is 2.66. The molecule has 0 radical (unpaired) electrons. The highest BCUT2D eigenvalue weighted by atomic mass is 16.5. The SMILES string of the molecule is Cc1cc(C(=O)N(C)[C@H]2CCCC[C@@H]2C)on1. The second-order valence-electron chi connectivity index (χ2n) is 5.08. The highest BCUT2D eigenvalue weighted by Gasteiger charge is 2.29. The minimum Gasteiger partial charge on any atom is -0.351 e. The van der Waals surface area contributed by atoms with Crippen LogP contribution >= 0.6 is 0 Å². The first-order valence-corrected chi connectivity index (χ1v) is 6.30. The number of aromatic nitrogens is 1. The van der Waals surface area contributed by atoms with Gasteiger partial charge in [-0.15, -0.1) is 0 Å². The summed E-state index contributed by atoms with van der Waals surface area (Å²) in [6.07, 6.45) is 4.79. The van der Waals surface area contributed by atoms with Gasteiger partial charge in [-0.25, -0.2) is 0 Å². The van der Waals surface area contributed by atoms with Crippen molar-refractivity contribution in [3.63, 3.8) is 0 Å². The van der Waals surface area contributed by atoms with Crippen LogP contribution in [0.25, 0.3) is 0 Å². The van der Waals surface area contributed by atoms with Gasteiger partial charge in [-0.2, -0.15) is 0 Å². The second-order valence-corrected chi connectivity index (χ2v) is 5.08. The van der Waals surface area contributed by atoms with Crippen molar-refractivity contribution in [1.82, 2.24) is 10.1 Å². The van der Waals surface area contributed by atoms with E-state index < -0.39 is 0 Å². The van der Waals surface area contributed by atoms with Crippen LogP contribution in [0.3, 0.4) is 0 Å². The Morgan fingerprint density at radius 3 is 2.76 bits per heavy atom. The lowest BCUT2D eigenvalue weighted by atomic mass is 9.85. The summed E-state index contributed by atoms with van der Waals surface area (Å²) < 4.78 is 5.03. The van der Waals surface area contributed by atoms with Crippen LogP contribution in [0.2, 0.25) is 0 Å². The van der Waals surface area contributed by atoms with Gasteiger partial charge in [0.05, 0.1) is 5.69 Å². The Morgan fingerprint density at radius 2 is 2.18 bits per heavy atom. The van der Waals surface area contributed by atoms with Gasteiger partial charge in [0, 0.05) is 19.2 Å². The summed E-state index contributed by atoms with van der Waals surface area (Å²) in [5, 5.41) is 3.76. The highest BCUT2D eigenvalue weighted by Crippen LogP contribution is 2.28. The first-order chi connectivity index (χ1) is 8.09. The fraction of sp³-hybridized carbons (Fsp3) is 0.692. The molecule has 1 amide bonds. The van der Waals surface area contributed by atoms with E-state index in [0.717, 1.165) is 12.1 Å². The number of carbonyl (C=O) groups is 1. The van der Waals surface area contributed by atoms with E-state index in [9.17, 15) is 4.79 Å². The minimum atomic E-state index is -0.0515. The van der Waals surface area contributed by atoms with Crippen LogP contribution in [-0.4, -0.2) is 29.1 Å². The Labute approximate surface area is 102 Å². The molecule has 4 nitrogen and oxygen atoms in total. The van der Waals surface area contributed by atoms with Crippen LogP contribution < -0.4 is 0 Å². The van der Waals surface area contributed by atoms with Gasteiger partial charge in [0.15, 0.2) is 0 Å². The molecule has 94 valence electrons. The summed E-state index contributed by atoms with van der Waals surface area (Å²) in [6.45, 7) is 4.04. The lowest BCUT2D eigenvalue weighted by Gasteiger charge is -2.35. The first-order valence-electron chi connectivity index (χ1n) is 6.30. The molecule has 2 rings (SSSR count). The number of hydrogen-bond acceptors (Lipinski definition) is 3. The minimum absolute atomic E-state index is 0.0515. The molecule has 0 aromatic carbocycles. The van der Waals surface area contributed by atoms with Gasteiger partial charge >= 0.3 is 0 Å². The molecule has 4 heteroatoms. The molecule has 1 aromatic rings. The molecule has 0 saturated heterocycles. The maximum absolute atomic E-state index is 12.2. The molecule has 0 unspecified atom stereocenters. The monoisotopic (exact) mass is 236 g/mol. The van der Waals surface area contributed by atoms with E-state index in [4.69, 9.17) is 4.52 Å². The first kappa shape index (κ1) is 12.1. The van der Waals surface area contributed by atoms with E-state index in [-0.39, 0.29) is 5.91 Å². The molecule has 0 bridgehead atoms. The lowest BCUT2D eigenvalue weighted by molar-refractivity contribution is 0.0588. The van der Waals surface area contributed by atoms with Crippen molar-refractivity contribution in [2.75, 3.05) is 7.05 Å². The fourth-order valence-electron chi connectivity index (χ4n) is 2.66. The van der Waals surface area contributed by atoms with Crippen molar-refractivity contribution in [3.05, 3.63) is 17.5 Å². The molecular formula is C13H20N2O2. The van der Waals surface area contributed by atoms with Gasteiger partial charge in [-0.3, -0.25) is 4.79 Å². The number of hydrogen-bond donors (Lipinski definition) is 0. The van der Waals surface area contributed by atoms with Crippen LogP contribution in [0.15, 0.2) is 10.6 Å². The van der Waals surface area contributed by atoms with Gasteiger partial charge in [-0.1, -0.05) is 24.9 Å². The van der Waals surface area contributed by atoms with Crippen molar-refractivity contribution in [2.45, 2.75) is 45.6 Å². The smallest absolute Gasteiger partial charge is 0.292 e. The zero-order valence-electron chi connectivity index (χ0n) is 10.8. The molecule has 1 fully saturated rings. The Balaban J connectivity index is 2.08. The van der Waals surface area contributed by atoms with Gasteiger partial charge in [0.1, 0.15) is 0 Å². The summed E-state index contributed by atoms with van der Waals surface area (Å²) in [4.78, 5) is 14.0. The Morgan fingerprint density at radius 1 is 1.47 bits per heavy atom. The quantitative estimate of drug-likeness (QED) is 0.793. The third kappa shape index (κ3) is 2.51. The molecular weight excluding hydrogens is 216 g/mol. The zero-order chi connectivity index (χ0) is 12.4. The van der Waals surface area contributed by atoms with E-state index in [1.165, 1.54) is 19.3 Å². The van der Waals surface area contributed by atoms with Crippen molar-refractivity contribution in [1.29, 1.82) is 0 Å². The average molecular weight is 236 g/mol. The average Bonchev–Trinajstić information content (AvgIpc) is 2.75. The topological polar surface area (TPSA) is 46.3 Å². The Bertz CT molecular complexity index is 400. The maximum atomic E-state index is 12.2. The molecule has 0 N–H and O–H groups in total. The van der Waals surface area contributed by atoms with Crippen molar-refractivity contribution in [2.24, 2.45) is 5.92 Å². The lowest BCUT2D eigenvalue weighted by Crippen LogP contribution is -2.42. The Kier molecular flexibility index (Phi) is 3.50. The second kappa shape index (κ2) is 4.90. The number of amides is 1. The summed E-state index contributed by atoms with van der Waals surface area (Å²) in [5.41, 5.74) is 0.749. The van der Waals surface area contributed by atoms with Gasteiger partial charge in [-0.05, 0) is 25.7 Å². The number of rotatable bonds is 2. The van der Waals surface area contributed by atoms with E-state index in [1.54, 1.807) is 6.07 Å². The zero-order valence-corrected chi connectivity index (χ0v) is 10.8. The predicted octanol–water partition coefficient (Wildman–Crippen LogP) is 2.63. The predicted molar refractivity (Wildman–Crippen MR) is 64.8 cm³/mol. The molecule has 1 aliphatic rings. The van der Waals surface area contributed by atoms with Crippen LogP contribution in [0, 0.1) is 12.8 Å².